The Balaban J connectivity index is 2.13. The van der Waals surface area contributed by atoms with Crippen molar-refractivity contribution in [2.24, 2.45) is 0 Å². The van der Waals surface area contributed by atoms with Crippen LogP contribution >= 0.6 is 0 Å². The molecule has 0 saturated heterocycles. The van der Waals surface area contributed by atoms with Gasteiger partial charge in [-0.15, -0.1) is 0 Å². The first-order valence-electron chi connectivity index (χ1n) is 6.92. The summed E-state index contributed by atoms with van der Waals surface area (Å²) >= 11 is 0. The van der Waals surface area contributed by atoms with Gasteiger partial charge >= 0.3 is 0 Å². The lowest BCUT2D eigenvalue weighted by Gasteiger charge is -2.03. The molecule has 0 nitrogen and oxygen atoms in total. The lowest BCUT2D eigenvalue weighted by atomic mass is 10.0. The van der Waals surface area contributed by atoms with Crippen molar-refractivity contribution in [3.63, 3.8) is 0 Å². The zero-order valence-corrected chi connectivity index (χ0v) is 11.6. The van der Waals surface area contributed by atoms with E-state index in [1.165, 1.54) is 12.1 Å². The van der Waals surface area contributed by atoms with Gasteiger partial charge in [-0.05, 0) is 42.2 Å². The van der Waals surface area contributed by atoms with Gasteiger partial charge in [0.25, 0.3) is 0 Å². The van der Waals surface area contributed by atoms with Gasteiger partial charge in [0.2, 0.25) is 0 Å². The van der Waals surface area contributed by atoms with Gasteiger partial charge in [0.1, 0.15) is 11.6 Å². The Hall–Kier alpha value is -1.96. The first-order chi connectivity index (χ1) is 9.70. The molecule has 0 spiro atoms. The SMILES string of the molecule is CCCC/C=C(/F)c1ccc(-c2ccc(F)cc2)cc1. The lowest BCUT2D eigenvalue weighted by molar-refractivity contribution is 0.628. The van der Waals surface area contributed by atoms with Gasteiger partial charge in [-0.2, -0.15) is 0 Å². The van der Waals surface area contributed by atoms with Crippen LogP contribution in [0.15, 0.2) is 54.6 Å². The van der Waals surface area contributed by atoms with Crippen LogP contribution in [0.2, 0.25) is 0 Å². The summed E-state index contributed by atoms with van der Waals surface area (Å²) < 4.78 is 26.7. The van der Waals surface area contributed by atoms with E-state index in [0.29, 0.717) is 5.56 Å². The Labute approximate surface area is 118 Å². The van der Waals surface area contributed by atoms with Crippen LogP contribution < -0.4 is 0 Å². The normalized spacial score (nSPS) is 11.7. The summed E-state index contributed by atoms with van der Waals surface area (Å²) in [6, 6.07) is 13.5. The number of hydrogen-bond acceptors (Lipinski definition) is 0. The molecular weight excluding hydrogens is 254 g/mol. The summed E-state index contributed by atoms with van der Waals surface area (Å²) in [6.45, 7) is 2.09. The van der Waals surface area contributed by atoms with E-state index in [1.54, 1.807) is 30.3 Å². The summed E-state index contributed by atoms with van der Waals surface area (Å²) in [6.07, 6.45) is 4.47. The van der Waals surface area contributed by atoms with E-state index in [1.807, 2.05) is 12.1 Å². The molecule has 2 aromatic carbocycles. The average molecular weight is 272 g/mol. The van der Waals surface area contributed by atoms with Crippen molar-refractivity contribution < 1.29 is 8.78 Å². The molecule has 0 saturated carbocycles. The molecular formula is C18H18F2. The Morgan fingerprint density at radius 1 is 0.950 bits per heavy atom. The van der Waals surface area contributed by atoms with E-state index in [-0.39, 0.29) is 11.6 Å². The van der Waals surface area contributed by atoms with E-state index in [0.717, 1.165) is 30.4 Å². The van der Waals surface area contributed by atoms with Gasteiger partial charge in [-0.3, -0.25) is 0 Å². The van der Waals surface area contributed by atoms with E-state index in [2.05, 4.69) is 6.92 Å². The topological polar surface area (TPSA) is 0 Å². The number of halogens is 2. The van der Waals surface area contributed by atoms with Crippen LogP contribution in [0, 0.1) is 5.82 Å². The predicted molar refractivity (Wildman–Crippen MR) is 80.4 cm³/mol. The number of benzene rings is 2. The highest BCUT2D eigenvalue weighted by Crippen LogP contribution is 2.23. The minimum atomic E-state index is -0.254. The third-order valence-electron chi connectivity index (χ3n) is 3.22. The van der Waals surface area contributed by atoms with Crippen molar-refractivity contribution in [3.8, 4) is 11.1 Å². The van der Waals surface area contributed by atoms with Crippen LogP contribution in [0.3, 0.4) is 0 Å². The number of hydrogen-bond donors (Lipinski definition) is 0. The van der Waals surface area contributed by atoms with E-state index in [9.17, 15) is 8.78 Å². The molecule has 2 heteroatoms. The summed E-state index contributed by atoms with van der Waals surface area (Å²) in [7, 11) is 0. The van der Waals surface area contributed by atoms with Crippen molar-refractivity contribution >= 4 is 5.83 Å². The van der Waals surface area contributed by atoms with Crippen LogP contribution in [0.4, 0.5) is 8.78 Å². The minimum Gasteiger partial charge on any atom is -0.207 e. The highest BCUT2D eigenvalue weighted by Gasteiger charge is 2.02. The Kier molecular flexibility index (Phi) is 5.05. The van der Waals surface area contributed by atoms with E-state index in [4.69, 9.17) is 0 Å². The molecule has 0 radical (unpaired) electrons. The third-order valence-corrected chi connectivity index (χ3v) is 3.22. The largest absolute Gasteiger partial charge is 0.207 e. The molecule has 0 aliphatic carbocycles. The van der Waals surface area contributed by atoms with Gasteiger partial charge in [-0.25, -0.2) is 8.78 Å². The second-order valence-electron chi connectivity index (χ2n) is 4.78. The predicted octanol–water partition coefficient (Wildman–Crippen LogP) is 5.99. The molecule has 0 aliphatic rings. The van der Waals surface area contributed by atoms with Gasteiger partial charge in [0.05, 0.1) is 0 Å². The molecule has 104 valence electrons. The maximum Gasteiger partial charge on any atom is 0.126 e. The van der Waals surface area contributed by atoms with Gasteiger partial charge < -0.3 is 0 Å². The van der Waals surface area contributed by atoms with Crippen molar-refractivity contribution in [1.29, 1.82) is 0 Å². The highest BCUT2D eigenvalue weighted by molar-refractivity contribution is 5.67. The number of unbranched alkanes of at least 4 members (excludes halogenated alkanes) is 2. The molecule has 20 heavy (non-hydrogen) atoms. The second kappa shape index (κ2) is 6.99. The van der Waals surface area contributed by atoms with E-state index >= 15 is 0 Å². The Morgan fingerprint density at radius 3 is 2.05 bits per heavy atom. The second-order valence-corrected chi connectivity index (χ2v) is 4.78. The highest BCUT2D eigenvalue weighted by atomic mass is 19.1. The van der Waals surface area contributed by atoms with Crippen molar-refractivity contribution in [3.05, 3.63) is 66.0 Å². The first-order valence-corrected chi connectivity index (χ1v) is 6.92. The fraction of sp³-hybridized carbons (Fsp3) is 0.222. The fourth-order valence-corrected chi connectivity index (χ4v) is 2.01. The standard InChI is InChI=1S/C18H18F2/c1-2-3-4-5-18(20)16-8-6-14(7-9-16)15-10-12-17(19)13-11-15/h5-13H,2-4H2,1H3/b18-5+. The molecule has 0 atom stereocenters. The summed E-state index contributed by atoms with van der Waals surface area (Å²) in [5.41, 5.74) is 2.47. The van der Waals surface area contributed by atoms with Crippen LogP contribution in [0.5, 0.6) is 0 Å². The molecule has 2 aromatic rings. The van der Waals surface area contributed by atoms with E-state index < -0.39 is 0 Å². The molecule has 0 amide bonds. The molecule has 0 fully saturated rings. The zero-order chi connectivity index (χ0) is 14.4. The van der Waals surface area contributed by atoms with Crippen LogP contribution in [0.1, 0.15) is 31.7 Å². The lowest BCUT2D eigenvalue weighted by Crippen LogP contribution is -1.82. The van der Waals surface area contributed by atoms with Crippen LogP contribution in [-0.4, -0.2) is 0 Å². The molecule has 0 heterocycles. The first kappa shape index (κ1) is 14.4. The van der Waals surface area contributed by atoms with Gasteiger partial charge in [0.15, 0.2) is 0 Å². The van der Waals surface area contributed by atoms with Gasteiger partial charge in [0, 0.05) is 5.56 Å². The van der Waals surface area contributed by atoms with Crippen LogP contribution in [0.25, 0.3) is 17.0 Å². The van der Waals surface area contributed by atoms with Crippen LogP contribution in [-0.2, 0) is 0 Å². The van der Waals surface area contributed by atoms with Crippen molar-refractivity contribution in [1.82, 2.24) is 0 Å². The monoisotopic (exact) mass is 272 g/mol. The zero-order valence-electron chi connectivity index (χ0n) is 11.6. The maximum absolute atomic E-state index is 13.9. The minimum absolute atomic E-state index is 0.177. The molecule has 0 bridgehead atoms. The summed E-state index contributed by atoms with van der Waals surface area (Å²) in [5.74, 6) is -0.431. The molecule has 0 aliphatic heterocycles. The molecule has 0 aromatic heterocycles. The molecule has 0 N–H and O–H groups in total. The van der Waals surface area contributed by atoms with Crippen molar-refractivity contribution in [2.75, 3.05) is 0 Å². The molecule has 0 unspecified atom stereocenters. The number of rotatable bonds is 5. The molecule has 2 rings (SSSR count). The smallest absolute Gasteiger partial charge is 0.126 e. The average Bonchev–Trinajstić information content (AvgIpc) is 2.48. The van der Waals surface area contributed by atoms with Gasteiger partial charge in [-0.1, -0.05) is 49.7 Å². The Morgan fingerprint density at radius 2 is 1.50 bits per heavy atom. The fourth-order valence-electron chi connectivity index (χ4n) is 2.01. The van der Waals surface area contributed by atoms with Crippen molar-refractivity contribution in [2.45, 2.75) is 26.2 Å². The summed E-state index contributed by atoms with van der Waals surface area (Å²) in [4.78, 5) is 0. The number of allylic oxidation sites excluding steroid dienone is 1. The quantitative estimate of drug-likeness (QED) is 0.586. The maximum atomic E-state index is 13.9. The Bertz CT molecular complexity index is 565. The third kappa shape index (κ3) is 3.77. The summed E-state index contributed by atoms with van der Waals surface area (Å²) in [5, 5.41) is 0.